The lowest BCUT2D eigenvalue weighted by Crippen LogP contribution is -2.39. The van der Waals surface area contributed by atoms with Crippen LogP contribution in [0.2, 0.25) is 0 Å². The second-order valence-corrected chi connectivity index (χ2v) is 11.9. The van der Waals surface area contributed by atoms with Gasteiger partial charge in [0.05, 0.1) is 22.5 Å². The van der Waals surface area contributed by atoms with Crippen molar-refractivity contribution in [2.45, 2.75) is 46.7 Å². The number of nitrogens with one attached hydrogen (secondary N) is 2. The van der Waals surface area contributed by atoms with Crippen molar-refractivity contribution in [2.24, 2.45) is 0 Å². The van der Waals surface area contributed by atoms with E-state index in [-0.39, 0.29) is 35.1 Å². The van der Waals surface area contributed by atoms with E-state index in [0.717, 1.165) is 6.42 Å². The third kappa shape index (κ3) is 7.05. The van der Waals surface area contributed by atoms with E-state index in [2.05, 4.69) is 20.8 Å². The topological polar surface area (TPSA) is 118 Å². The van der Waals surface area contributed by atoms with E-state index < -0.39 is 15.1 Å². The van der Waals surface area contributed by atoms with E-state index in [1.165, 1.54) is 34.9 Å². The number of carbonyl (C=O) groups excluding carboxylic acids is 2. The van der Waals surface area contributed by atoms with Gasteiger partial charge in [0.25, 0.3) is 0 Å². The second-order valence-electron chi connectivity index (χ2n) is 5.84. The zero-order valence-electron chi connectivity index (χ0n) is 14.6. The van der Waals surface area contributed by atoms with Crippen molar-refractivity contribution in [1.29, 1.82) is 0 Å². The summed E-state index contributed by atoms with van der Waals surface area (Å²) in [5.41, 5.74) is 0. The molecular weight excluding hydrogens is 416 g/mol. The number of amides is 2. The Labute approximate surface area is 165 Å². The lowest BCUT2D eigenvalue weighted by molar-refractivity contribution is -0.121. The summed E-state index contributed by atoms with van der Waals surface area (Å²) < 4.78 is 24.2. The summed E-state index contributed by atoms with van der Waals surface area (Å²) in [4.78, 5) is 23.8. The summed E-state index contributed by atoms with van der Waals surface area (Å²) in [7, 11) is -3.02. The molecule has 146 valence electrons. The fraction of sp³-hybridized carbons (Fsp3) is 0.714. The number of hydrogen-bond donors (Lipinski definition) is 2. The molecule has 0 radical (unpaired) electrons. The molecular formula is C14H22N4O4S4. The number of sulfone groups is 1. The maximum Gasteiger partial charge on any atom is 0.233 e. The molecule has 0 aliphatic carbocycles. The zero-order chi connectivity index (χ0) is 19.2. The van der Waals surface area contributed by atoms with E-state index in [1.807, 2.05) is 6.92 Å². The van der Waals surface area contributed by atoms with Crippen LogP contribution in [0.4, 0.5) is 0 Å². The summed E-state index contributed by atoms with van der Waals surface area (Å²) in [6, 6.07) is -0.308. The first-order chi connectivity index (χ1) is 12.3. The Bertz CT molecular complexity index is 737. The monoisotopic (exact) mass is 438 g/mol. The van der Waals surface area contributed by atoms with E-state index in [9.17, 15) is 18.0 Å². The molecule has 2 unspecified atom stereocenters. The normalized spacial score (nSPS) is 19.8. The van der Waals surface area contributed by atoms with Gasteiger partial charge in [0.15, 0.2) is 18.5 Å². The van der Waals surface area contributed by atoms with Crippen LogP contribution < -0.4 is 10.6 Å². The minimum Gasteiger partial charge on any atom is -0.355 e. The maximum atomic E-state index is 12.2. The molecule has 26 heavy (non-hydrogen) atoms. The number of carbonyl (C=O) groups is 2. The lowest BCUT2D eigenvalue weighted by atomic mass is 10.2. The molecule has 8 nitrogen and oxygen atoms in total. The molecule has 12 heteroatoms. The first-order valence-electron chi connectivity index (χ1n) is 8.19. The predicted octanol–water partition coefficient (Wildman–Crippen LogP) is 0.940. The van der Waals surface area contributed by atoms with Gasteiger partial charge >= 0.3 is 0 Å². The third-order valence-electron chi connectivity index (χ3n) is 3.51. The molecule has 2 atom stereocenters. The van der Waals surface area contributed by atoms with Gasteiger partial charge in [-0.3, -0.25) is 9.59 Å². The van der Waals surface area contributed by atoms with Crippen LogP contribution >= 0.6 is 34.9 Å². The standard InChI is InChI=1S/C14H22N4O4S4/c1-3-5-15-11(19)7-23-13-17-18-14(25-13)24-9(2)12(20)16-10-4-6-26(21,22)8-10/h9-10H,3-8H2,1-2H3,(H,15,19)(H,16,20). The largest absolute Gasteiger partial charge is 0.355 e. The van der Waals surface area contributed by atoms with Gasteiger partial charge in [-0.2, -0.15) is 0 Å². The first kappa shape index (κ1) is 21.5. The Morgan fingerprint density at radius 2 is 2.08 bits per heavy atom. The van der Waals surface area contributed by atoms with Crippen LogP contribution in [0.3, 0.4) is 0 Å². The molecule has 0 aromatic carbocycles. The van der Waals surface area contributed by atoms with Crippen molar-refractivity contribution in [3.05, 3.63) is 0 Å². The van der Waals surface area contributed by atoms with Crippen molar-refractivity contribution < 1.29 is 18.0 Å². The van der Waals surface area contributed by atoms with Gasteiger partial charge in [0, 0.05) is 12.6 Å². The molecule has 1 aromatic heterocycles. The zero-order valence-corrected chi connectivity index (χ0v) is 17.8. The maximum absolute atomic E-state index is 12.2. The predicted molar refractivity (Wildman–Crippen MR) is 104 cm³/mol. The van der Waals surface area contributed by atoms with E-state index in [1.54, 1.807) is 6.92 Å². The lowest BCUT2D eigenvalue weighted by Gasteiger charge is -2.14. The Morgan fingerprint density at radius 1 is 1.35 bits per heavy atom. The summed E-state index contributed by atoms with van der Waals surface area (Å²) in [5, 5.41) is 13.2. The molecule has 0 spiro atoms. The smallest absolute Gasteiger partial charge is 0.233 e. The third-order valence-corrected chi connectivity index (χ3v) is 8.52. The van der Waals surface area contributed by atoms with Crippen LogP contribution in [-0.2, 0) is 19.4 Å². The molecule has 2 rings (SSSR count). The van der Waals surface area contributed by atoms with Crippen LogP contribution in [0.15, 0.2) is 8.68 Å². The van der Waals surface area contributed by atoms with Crippen molar-refractivity contribution in [2.75, 3.05) is 23.8 Å². The van der Waals surface area contributed by atoms with Crippen molar-refractivity contribution >= 4 is 56.5 Å². The number of rotatable bonds is 9. The van der Waals surface area contributed by atoms with Gasteiger partial charge < -0.3 is 10.6 Å². The van der Waals surface area contributed by atoms with Crippen LogP contribution in [0.1, 0.15) is 26.7 Å². The molecule has 2 amide bonds. The second kappa shape index (κ2) is 9.90. The van der Waals surface area contributed by atoms with Gasteiger partial charge in [-0.15, -0.1) is 10.2 Å². The molecule has 1 aliphatic heterocycles. The number of nitrogens with zero attached hydrogens (tertiary/aromatic N) is 2. The fourth-order valence-electron chi connectivity index (χ4n) is 2.18. The molecule has 2 N–H and O–H groups in total. The molecule has 0 bridgehead atoms. The highest BCUT2D eigenvalue weighted by atomic mass is 32.2. The average molecular weight is 439 g/mol. The molecule has 1 aromatic rings. The Hall–Kier alpha value is -0.850. The van der Waals surface area contributed by atoms with Crippen molar-refractivity contribution in [3.63, 3.8) is 0 Å². The number of aromatic nitrogens is 2. The highest BCUT2D eigenvalue weighted by Crippen LogP contribution is 2.31. The van der Waals surface area contributed by atoms with Crippen LogP contribution in [0, 0.1) is 0 Å². The van der Waals surface area contributed by atoms with E-state index in [0.29, 0.717) is 21.6 Å². The van der Waals surface area contributed by atoms with Crippen LogP contribution in [0.25, 0.3) is 0 Å². The van der Waals surface area contributed by atoms with Gasteiger partial charge in [-0.25, -0.2) is 8.42 Å². The van der Waals surface area contributed by atoms with Crippen LogP contribution in [0.5, 0.6) is 0 Å². The van der Waals surface area contributed by atoms with Crippen LogP contribution in [-0.4, -0.2) is 65.5 Å². The van der Waals surface area contributed by atoms with Gasteiger partial charge in [-0.1, -0.05) is 41.8 Å². The number of hydrogen-bond acceptors (Lipinski definition) is 9. The minimum atomic E-state index is -3.02. The minimum absolute atomic E-state index is 0.00974. The van der Waals surface area contributed by atoms with Crippen molar-refractivity contribution in [1.82, 2.24) is 20.8 Å². The first-order valence-corrected chi connectivity index (χ1v) is 12.7. The van der Waals surface area contributed by atoms with Gasteiger partial charge in [0.2, 0.25) is 11.8 Å². The highest BCUT2D eigenvalue weighted by molar-refractivity contribution is 8.04. The quantitative estimate of drug-likeness (QED) is 0.547. The Kier molecular flexibility index (Phi) is 8.17. The average Bonchev–Trinajstić information content (AvgIpc) is 3.16. The molecule has 1 saturated heterocycles. The summed E-state index contributed by atoms with van der Waals surface area (Å²) in [6.45, 7) is 4.39. The Balaban J connectivity index is 1.76. The van der Waals surface area contributed by atoms with E-state index >= 15 is 0 Å². The van der Waals surface area contributed by atoms with Gasteiger partial charge in [-0.05, 0) is 19.8 Å². The van der Waals surface area contributed by atoms with Gasteiger partial charge in [0.1, 0.15) is 0 Å². The highest BCUT2D eigenvalue weighted by Gasteiger charge is 2.30. The molecule has 2 heterocycles. The molecule has 1 fully saturated rings. The summed E-state index contributed by atoms with van der Waals surface area (Å²) in [5.74, 6) is 0.171. The Morgan fingerprint density at radius 3 is 2.73 bits per heavy atom. The fourth-order valence-corrected chi connectivity index (χ4v) is 6.85. The molecule has 1 aliphatic rings. The summed E-state index contributed by atoms with van der Waals surface area (Å²) in [6.07, 6.45) is 1.36. The number of thioether (sulfide) groups is 2. The van der Waals surface area contributed by atoms with Crippen molar-refractivity contribution in [3.8, 4) is 0 Å². The molecule has 0 saturated carbocycles. The summed E-state index contributed by atoms with van der Waals surface area (Å²) >= 11 is 3.92. The SMILES string of the molecule is CCCNC(=O)CSc1nnc(SC(C)C(=O)NC2CCS(=O)(=O)C2)s1. The van der Waals surface area contributed by atoms with E-state index in [4.69, 9.17) is 0 Å².